The molecule has 0 saturated heterocycles. The molecule has 0 aliphatic rings. The molecule has 0 N–H and O–H groups in total. The Labute approximate surface area is 90.7 Å². The van der Waals surface area contributed by atoms with Gasteiger partial charge in [0.2, 0.25) is 0 Å². The lowest BCUT2D eigenvalue weighted by atomic mass is 10.3. The highest BCUT2D eigenvalue weighted by Gasteiger charge is 1.94. The molecule has 0 aliphatic carbocycles. The molecule has 1 heterocycles. The van der Waals surface area contributed by atoms with E-state index in [0.29, 0.717) is 10.6 Å². The van der Waals surface area contributed by atoms with E-state index in [9.17, 15) is 9.59 Å². The van der Waals surface area contributed by atoms with E-state index in [4.69, 9.17) is 0 Å². The summed E-state index contributed by atoms with van der Waals surface area (Å²) < 4.78 is 0. The summed E-state index contributed by atoms with van der Waals surface area (Å²) in [7, 11) is 0. The van der Waals surface area contributed by atoms with Gasteiger partial charge >= 0.3 is 0 Å². The maximum Gasteiger partial charge on any atom is 0.186 e. The highest BCUT2D eigenvalue weighted by molar-refractivity contribution is 8.13. The van der Waals surface area contributed by atoms with Crippen molar-refractivity contribution < 1.29 is 9.59 Å². The molecule has 1 aromatic heterocycles. The van der Waals surface area contributed by atoms with Crippen molar-refractivity contribution in [2.45, 2.75) is 6.92 Å². The molecule has 0 radical (unpaired) electrons. The van der Waals surface area contributed by atoms with Crippen molar-refractivity contribution in [2.75, 3.05) is 5.75 Å². The van der Waals surface area contributed by atoms with E-state index in [2.05, 4.69) is 11.8 Å². The first kappa shape index (κ1) is 11.0. The predicted molar refractivity (Wildman–Crippen MR) is 59.7 cm³/mol. The van der Waals surface area contributed by atoms with E-state index in [1.54, 1.807) is 6.07 Å². The Bertz CT molecular complexity index is 396. The second kappa shape index (κ2) is 5.63. The van der Waals surface area contributed by atoms with Crippen LogP contribution in [0.3, 0.4) is 0 Å². The molecule has 14 heavy (non-hydrogen) atoms. The summed E-state index contributed by atoms with van der Waals surface area (Å²) in [5, 5.41) is 1.90. The third kappa shape index (κ3) is 3.77. The van der Waals surface area contributed by atoms with Gasteiger partial charge in [-0.25, -0.2) is 0 Å². The van der Waals surface area contributed by atoms with Crippen LogP contribution in [0.15, 0.2) is 11.4 Å². The zero-order chi connectivity index (χ0) is 10.4. The fourth-order valence-electron chi connectivity index (χ4n) is 0.756. The number of hydrogen-bond donors (Lipinski definition) is 0. The molecule has 1 rings (SSSR count). The Morgan fingerprint density at radius 1 is 1.71 bits per heavy atom. The van der Waals surface area contributed by atoms with Crippen molar-refractivity contribution in [2.24, 2.45) is 0 Å². The average molecular weight is 224 g/mol. The lowest BCUT2D eigenvalue weighted by Gasteiger charge is -1.83. The minimum absolute atomic E-state index is 0.0678. The Hall–Kier alpha value is -1.05. The molecule has 4 heteroatoms. The lowest BCUT2D eigenvalue weighted by Crippen LogP contribution is -1.81. The molecule has 0 unspecified atom stereocenters. The summed E-state index contributed by atoms with van der Waals surface area (Å²) in [5.74, 6) is 6.24. The van der Waals surface area contributed by atoms with Crippen LogP contribution in [-0.4, -0.2) is 17.2 Å². The average Bonchev–Trinajstić information content (AvgIpc) is 2.60. The van der Waals surface area contributed by atoms with Gasteiger partial charge in [-0.15, -0.1) is 11.3 Å². The topological polar surface area (TPSA) is 34.1 Å². The monoisotopic (exact) mass is 224 g/mol. The van der Waals surface area contributed by atoms with Crippen molar-refractivity contribution in [1.82, 2.24) is 0 Å². The van der Waals surface area contributed by atoms with Gasteiger partial charge in [-0.3, -0.25) is 9.59 Å². The predicted octanol–water partition coefficient (Wildman–Crippen LogP) is 2.19. The Morgan fingerprint density at radius 3 is 3.07 bits per heavy atom. The number of carbonyl (C=O) groups excluding carboxylic acids is 2. The first-order chi connectivity index (χ1) is 6.72. The zero-order valence-electron chi connectivity index (χ0n) is 7.57. The molecular formula is C10H8O2S2. The van der Waals surface area contributed by atoms with Gasteiger partial charge in [-0.1, -0.05) is 23.6 Å². The minimum atomic E-state index is 0.0678. The van der Waals surface area contributed by atoms with Crippen LogP contribution in [0, 0.1) is 11.8 Å². The van der Waals surface area contributed by atoms with Gasteiger partial charge in [-0.05, 0) is 6.07 Å². The van der Waals surface area contributed by atoms with Crippen LogP contribution in [0.2, 0.25) is 0 Å². The molecule has 0 atom stereocenters. The third-order valence-corrected chi connectivity index (χ3v) is 2.87. The van der Waals surface area contributed by atoms with E-state index < -0.39 is 0 Å². The summed E-state index contributed by atoms with van der Waals surface area (Å²) in [6, 6.07) is 1.74. The Kier molecular flexibility index (Phi) is 4.44. The Morgan fingerprint density at radius 2 is 2.50 bits per heavy atom. The van der Waals surface area contributed by atoms with Crippen LogP contribution in [0.1, 0.15) is 22.2 Å². The van der Waals surface area contributed by atoms with Crippen molar-refractivity contribution in [1.29, 1.82) is 0 Å². The second-order valence-corrected chi connectivity index (χ2v) is 4.53. The number of aldehydes is 1. The number of thioether (sulfide) groups is 1. The van der Waals surface area contributed by atoms with Gasteiger partial charge in [0.1, 0.15) is 0 Å². The third-order valence-electron chi connectivity index (χ3n) is 1.32. The number of rotatable bonds is 2. The quantitative estimate of drug-likeness (QED) is 0.570. The minimum Gasteiger partial charge on any atom is -0.297 e. The standard InChI is InChI=1S/C10H8O2S2/c1-8(12)13-4-2-3-9-5-10(6-11)14-7-9/h5-7H,4H2,1H3. The van der Waals surface area contributed by atoms with Crippen molar-refractivity contribution in [3.05, 3.63) is 21.9 Å². The van der Waals surface area contributed by atoms with E-state index in [1.807, 2.05) is 5.38 Å². The second-order valence-electron chi connectivity index (χ2n) is 2.44. The molecule has 2 nitrogen and oxygen atoms in total. The number of thiophene rings is 1. The number of carbonyl (C=O) groups is 2. The molecule has 0 bridgehead atoms. The lowest BCUT2D eigenvalue weighted by molar-refractivity contribution is -0.109. The van der Waals surface area contributed by atoms with Gasteiger partial charge in [-0.2, -0.15) is 0 Å². The van der Waals surface area contributed by atoms with Crippen LogP contribution in [-0.2, 0) is 4.79 Å². The SMILES string of the molecule is CC(=O)SCC#Cc1csc(C=O)c1. The van der Waals surface area contributed by atoms with Gasteiger partial charge in [0, 0.05) is 17.9 Å². The summed E-state index contributed by atoms with van der Waals surface area (Å²) in [4.78, 5) is 21.6. The molecule has 0 fully saturated rings. The van der Waals surface area contributed by atoms with Gasteiger partial charge in [0.15, 0.2) is 11.4 Å². The van der Waals surface area contributed by atoms with E-state index in [1.165, 1.54) is 30.0 Å². The van der Waals surface area contributed by atoms with Crippen molar-refractivity contribution in [3.8, 4) is 11.8 Å². The van der Waals surface area contributed by atoms with Crippen molar-refractivity contribution in [3.63, 3.8) is 0 Å². The fraction of sp³-hybridized carbons (Fsp3) is 0.200. The van der Waals surface area contributed by atoms with Crippen LogP contribution < -0.4 is 0 Å². The maximum absolute atomic E-state index is 10.6. The van der Waals surface area contributed by atoms with Gasteiger partial charge in [0.05, 0.1) is 10.6 Å². The molecule has 0 spiro atoms. The molecular weight excluding hydrogens is 216 g/mol. The van der Waals surface area contributed by atoms with Gasteiger partial charge < -0.3 is 0 Å². The molecule has 0 saturated carbocycles. The molecule has 1 aromatic rings. The Balaban J connectivity index is 2.50. The van der Waals surface area contributed by atoms with Crippen LogP contribution in [0.5, 0.6) is 0 Å². The van der Waals surface area contributed by atoms with E-state index in [-0.39, 0.29) is 5.12 Å². The van der Waals surface area contributed by atoms with Crippen LogP contribution in [0.4, 0.5) is 0 Å². The smallest absolute Gasteiger partial charge is 0.186 e. The zero-order valence-corrected chi connectivity index (χ0v) is 9.21. The summed E-state index contributed by atoms with van der Waals surface area (Å²) >= 11 is 2.55. The van der Waals surface area contributed by atoms with E-state index >= 15 is 0 Å². The molecule has 72 valence electrons. The van der Waals surface area contributed by atoms with Crippen LogP contribution in [0.25, 0.3) is 0 Å². The fourth-order valence-corrected chi connectivity index (χ4v) is 1.74. The summed E-state index contributed by atoms with van der Waals surface area (Å²) in [6.07, 6.45) is 0.806. The summed E-state index contributed by atoms with van der Waals surface area (Å²) in [5.41, 5.74) is 0.834. The molecule has 0 amide bonds. The highest BCUT2D eigenvalue weighted by Crippen LogP contribution is 2.11. The molecule has 0 aromatic carbocycles. The van der Waals surface area contributed by atoms with Crippen molar-refractivity contribution >= 4 is 34.5 Å². The molecule has 0 aliphatic heterocycles. The first-order valence-corrected chi connectivity index (χ1v) is 5.75. The highest BCUT2D eigenvalue weighted by atomic mass is 32.2. The summed E-state index contributed by atoms with van der Waals surface area (Å²) in [6.45, 7) is 1.52. The van der Waals surface area contributed by atoms with Crippen LogP contribution >= 0.6 is 23.1 Å². The van der Waals surface area contributed by atoms with Gasteiger partial charge in [0.25, 0.3) is 0 Å². The first-order valence-electron chi connectivity index (χ1n) is 3.88. The maximum atomic E-state index is 10.6. The normalized spacial score (nSPS) is 8.93. The largest absolute Gasteiger partial charge is 0.297 e. The van der Waals surface area contributed by atoms with E-state index in [0.717, 1.165) is 11.8 Å². The number of hydrogen-bond acceptors (Lipinski definition) is 4.